The first kappa shape index (κ1) is 17.5. The number of hydrogen-bond acceptors (Lipinski definition) is 5. The van der Waals surface area contributed by atoms with Crippen LogP contribution in [0.5, 0.6) is 5.75 Å². The number of hydrogen-bond donors (Lipinski definition) is 0. The molecule has 0 spiro atoms. The zero-order valence-electron chi connectivity index (χ0n) is 15.3. The summed E-state index contributed by atoms with van der Waals surface area (Å²) < 4.78 is 10.9. The van der Waals surface area contributed by atoms with Gasteiger partial charge in [-0.1, -0.05) is 44.1 Å². The summed E-state index contributed by atoms with van der Waals surface area (Å²) in [5.41, 5.74) is 1.05. The third-order valence-corrected chi connectivity index (χ3v) is 4.46. The van der Waals surface area contributed by atoms with E-state index >= 15 is 0 Å². The van der Waals surface area contributed by atoms with Crippen LogP contribution in [0.3, 0.4) is 0 Å². The first-order chi connectivity index (χ1) is 11.9. The van der Waals surface area contributed by atoms with Gasteiger partial charge in [-0.15, -0.1) is 0 Å². The van der Waals surface area contributed by atoms with Gasteiger partial charge in [-0.25, -0.2) is 0 Å². The Balaban J connectivity index is 1.69. The molecule has 1 fully saturated rings. The highest BCUT2D eigenvalue weighted by Gasteiger charge is 2.33. The molecule has 2 heterocycles. The van der Waals surface area contributed by atoms with Gasteiger partial charge in [-0.05, 0) is 29.9 Å². The fourth-order valence-corrected chi connectivity index (χ4v) is 3.22. The number of rotatable bonds is 4. The molecule has 25 heavy (non-hydrogen) atoms. The largest absolute Gasteiger partial charge is 0.483 e. The minimum atomic E-state index is -0.119. The Bertz CT molecular complexity index is 748. The SMILES string of the molecule is Cc1nc(C2CCCN2C(=O)COc2ccccc2C(C)(C)C)no1. The van der Waals surface area contributed by atoms with Crippen LogP contribution in [0.25, 0.3) is 0 Å². The van der Waals surface area contributed by atoms with Gasteiger partial charge in [0, 0.05) is 13.5 Å². The molecule has 2 aromatic rings. The Hall–Kier alpha value is -2.37. The number of ether oxygens (including phenoxy) is 1. The lowest BCUT2D eigenvalue weighted by Crippen LogP contribution is -2.35. The number of nitrogens with zero attached hydrogens (tertiary/aromatic N) is 3. The molecule has 1 aromatic heterocycles. The lowest BCUT2D eigenvalue weighted by Gasteiger charge is -2.25. The molecule has 1 aliphatic heterocycles. The second-order valence-corrected chi connectivity index (χ2v) is 7.45. The van der Waals surface area contributed by atoms with E-state index in [2.05, 4.69) is 30.9 Å². The summed E-state index contributed by atoms with van der Waals surface area (Å²) in [7, 11) is 0. The van der Waals surface area contributed by atoms with Crippen LogP contribution >= 0.6 is 0 Å². The molecule has 0 saturated carbocycles. The van der Waals surface area contributed by atoms with E-state index in [0.717, 1.165) is 24.2 Å². The Labute approximate surface area is 148 Å². The number of carbonyl (C=O) groups excluding carboxylic acids is 1. The Morgan fingerprint density at radius 3 is 2.80 bits per heavy atom. The van der Waals surface area contributed by atoms with Gasteiger partial charge in [0.15, 0.2) is 12.4 Å². The van der Waals surface area contributed by atoms with E-state index in [9.17, 15) is 4.79 Å². The van der Waals surface area contributed by atoms with Crippen LogP contribution in [-0.2, 0) is 10.2 Å². The summed E-state index contributed by atoms with van der Waals surface area (Å²) in [5.74, 6) is 1.81. The topological polar surface area (TPSA) is 68.5 Å². The Kier molecular flexibility index (Phi) is 4.79. The normalized spacial score (nSPS) is 17.8. The predicted octanol–water partition coefficient (Wildman–Crippen LogP) is 3.42. The maximum absolute atomic E-state index is 12.7. The maximum atomic E-state index is 12.7. The molecule has 0 N–H and O–H groups in total. The smallest absolute Gasteiger partial charge is 0.261 e. The number of aromatic nitrogens is 2. The second-order valence-electron chi connectivity index (χ2n) is 7.45. The van der Waals surface area contributed by atoms with E-state index < -0.39 is 0 Å². The molecule has 6 heteroatoms. The van der Waals surface area contributed by atoms with E-state index in [4.69, 9.17) is 9.26 Å². The van der Waals surface area contributed by atoms with Gasteiger partial charge in [0.05, 0.1) is 6.04 Å². The molecule has 1 saturated heterocycles. The summed E-state index contributed by atoms with van der Waals surface area (Å²) in [6.07, 6.45) is 1.78. The molecule has 0 aliphatic carbocycles. The van der Waals surface area contributed by atoms with Crippen molar-refractivity contribution >= 4 is 5.91 Å². The van der Waals surface area contributed by atoms with Gasteiger partial charge in [-0.2, -0.15) is 4.98 Å². The molecule has 1 amide bonds. The van der Waals surface area contributed by atoms with Crippen LogP contribution in [0.4, 0.5) is 0 Å². The first-order valence-corrected chi connectivity index (χ1v) is 8.68. The molecule has 6 nitrogen and oxygen atoms in total. The zero-order valence-corrected chi connectivity index (χ0v) is 15.3. The average molecular weight is 343 g/mol. The lowest BCUT2D eigenvalue weighted by atomic mass is 9.86. The highest BCUT2D eigenvalue weighted by atomic mass is 16.5. The highest BCUT2D eigenvalue weighted by molar-refractivity contribution is 5.78. The number of para-hydroxylation sites is 1. The van der Waals surface area contributed by atoms with Crippen molar-refractivity contribution in [1.29, 1.82) is 0 Å². The van der Waals surface area contributed by atoms with Crippen LogP contribution in [0.1, 0.15) is 56.9 Å². The fraction of sp³-hybridized carbons (Fsp3) is 0.526. The number of benzene rings is 1. The predicted molar refractivity (Wildman–Crippen MR) is 93.4 cm³/mol. The van der Waals surface area contributed by atoms with Crippen LogP contribution in [0, 0.1) is 6.92 Å². The standard InChI is InChI=1S/C19H25N3O3/c1-13-20-18(21-25-13)15-9-7-11-22(15)17(23)12-24-16-10-6-5-8-14(16)19(2,3)4/h5-6,8,10,15H,7,9,11-12H2,1-4H3. The molecule has 1 aliphatic rings. The van der Waals surface area contributed by atoms with E-state index in [1.165, 1.54) is 0 Å². The van der Waals surface area contributed by atoms with Gasteiger partial charge in [0.1, 0.15) is 5.75 Å². The third-order valence-electron chi connectivity index (χ3n) is 4.46. The zero-order chi connectivity index (χ0) is 18.0. The molecule has 1 atom stereocenters. The van der Waals surface area contributed by atoms with Crippen molar-refractivity contribution in [2.24, 2.45) is 0 Å². The number of carbonyl (C=O) groups is 1. The van der Waals surface area contributed by atoms with Gasteiger partial charge in [0.2, 0.25) is 5.89 Å². The minimum Gasteiger partial charge on any atom is -0.483 e. The van der Waals surface area contributed by atoms with Crippen molar-refractivity contribution < 1.29 is 14.1 Å². The minimum absolute atomic E-state index is 0.0143. The molecule has 0 radical (unpaired) electrons. The first-order valence-electron chi connectivity index (χ1n) is 8.68. The van der Waals surface area contributed by atoms with Gasteiger partial charge < -0.3 is 14.2 Å². The average Bonchev–Trinajstić information content (AvgIpc) is 3.20. The summed E-state index contributed by atoms with van der Waals surface area (Å²) in [6.45, 7) is 8.86. The van der Waals surface area contributed by atoms with Crippen LogP contribution in [0.2, 0.25) is 0 Å². The van der Waals surface area contributed by atoms with Crippen molar-refractivity contribution in [3.63, 3.8) is 0 Å². The van der Waals surface area contributed by atoms with Crippen molar-refractivity contribution in [2.75, 3.05) is 13.2 Å². The fourth-order valence-electron chi connectivity index (χ4n) is 3.22. The number of likely N-dealkylation sites (tertiary alicyclic amines) is 1. The molecular formula is C19H25N3O3. The van der Waals surface area contributed by atoms with E-state index in [0.29, 0.717) is 18.3 Å². The quantitative estimate of drug-likeness (QED) is 0.851. The van der Waals surface area contributed by atoms with Crippen molar-refractivity contribution in [1.82, 2.24) is 15.0 Å². The third kappa shape index (κ3) is 3.83. The number of aryl methyl sites for hydroxylation is 1. The summed E-state index contributed by atoms with van der Waals surface area (Å²) in [5, 5.41) is 3.97. The molecule has 1 unspecified atom stereocenters. The molecule has 1 aromatic carbocycles. The molecule has 0 bridgehead atoms. The lowest BCUT2D eigenvalue weighted by molar-refractivity contribution is -0.134. The summed E-state index contributed by atoms with van der Waals surface area (Å²) in [6, 6.07) is 7.75. The summed E-state index contributed by atoms with van der Waals surface area (Å²) in [4.78, 5) is 18.8. The van der Waals surface area contributed by atoms with Crippen LogP contribution in [0.15, 0.2) is 28.8 Å². The Morgan fingerprint density at radius 2 is 2.12 bits per heavy atom. The van der Waals surface area contributed by atoms with Crippen molar-refractivity contribution in [2.45, 2.75) is 52.0 Å². The summed E-state index contributed by atoms with van der Waals surface area (Å²) >= 11 is 0. The van der Waals surface area contributed by atoms with E-state index in [1.807, 2.05) is 24.3 Å². The van der Waals surface area contributed by atoms with E-state index in [1.54, 1.807) is 11.8 Å². The van der Waals surface area contributed by atoms with Crippen LogP contribution < -0.4 is 4.74 Å². The van der Waals surface area contributed by atoms with Gasteiger partial charge in [0.25, 0.3) is 5.91 Å². The Morgan fingerprint density at radius 1 is 1.36 bits per heavy atom. The molecular weight excluding hydrogens is 318 g/mol. The monoisotopic (exact) mass is 343 g/mol. The maximum Gasteiger partial charge on any atom is 0.261 e. The van der Waals surface area contributed by atoms with Crippen molar-refractivity contribution in [3.05, 3.63) is 41.5 Å². The highest BCUT2D eigenvalue weighted by Crippen LogP contribution is 2.32. The van der Waals surface area contributed by atoms with E-state index in [-0.39, 0.29) is 24.0 Å². The van der Waals surface area contributed by atoms with Crippen LogP contribution in [-0.4, -0.2) is 34.1 Å². The molecule has 3 rings (SSSR count). The van der Waals surface area contributed by atoms with Gasteiger partial charge >= 0.3 is 0 Å². The second kappa shape index (κ2) is 6.86. The van der Waals surface area contributed by atoms with Gasteiger partial charge in [-0.3, -0.25) is 4.79 Å². The molecule has 134 valence electrons. The van der Waals surface area contributed by atoms with Crippen molar-refractivity contribution in [3.8, 4) is 5.75 Å². The number of amides is 1.